The van der Waals surface area contributed by atoms with Crippen molar-refractivity contribution in [2.75, 3.05) is 6.61 Å². The summed E-state index contributed by atoms with van der Waals surface area (Å²) in [6, 6.07) is 21.2. The van der Waals surface area contributed by atoms with Gasteiger partial charge in [0, 0.05) is 18.1 Å². The third-order valence-electron chi connectivity index (χ3n) is 3.90. The summed E-state index contributed by atoms with van der Waals surface area (Å²) in [5, 5.41) is 0. The Hall–Kier alpha value is -2.15. The van der Waals surface area contributed by atoms with E-state index in [2.05, 4.69) is 74.0 Å². The van der Waals surface area contributed by atoms with Crippen LogP contribution in [0.2, 0.25) is 0 Å². The normalized spacial score (nSPS) is 16.3. The molecule has 0 saturated heterocycles. The van der Waals surface area contributed by atoms with Crippen molar-refractivity contribution < 1.29 is 4.74 Å². The van der Waals surface area contributed by atoms with Gasteiger partial charge in [-0.2, -0.15) is 0 Å². The molecule has 0 unspecified atom stereocenters. The van der Waals surface area contributed by atoms with Crippen LogP contribution in [0.1, 0.15) is 25.0 Å². The van der Waals surface area contributed by atoms with Crippen molar-refractivity contribution >= 4 is 0 Å². The van der Waals surface area contributed by atoms with E-state index in [1.807, 2.05) is 6.92 Å². The summed E-state index contributed by atoms with van der Waals surface area (Å²) in [4.78, 5) is 0. The van der Waals surface area contributed by atoms with Crippen LogP contribution in [0.15, 0.2) is 72.0 Å². The van der Waals surface area contributed by atoms with E-state index in [-0.39, 0.29) is 5.41 Å². The van der Waals surface area contributed by atoms with Crippen LogP contribution >= 0.6 is 0 Å². The van der Waals surface area contributed by atoms with Gasteiger partial charge in [-0.05, 0) is 6.92 Å². The first-order valence-electron chi connectivity index (χ1n) is 7.10. The zero-order chi connectivity index (χ0) is 14.0. The first-order valence-corrected chi connectivity index (χ1v) is 7.10. The molecule has 2 aromatic carbocycles. The van der Waals surface area contributed by atoms with Crippen LogP contribution in [-0.4, -0.2) is 6.61 Å². The first-order chi connectivity index (χ1) is 9.79. The molecule has 0 aliphatic heterocycles. The van der Waals surface area contributed by atoms with Gasteiger partial charge in [-0.15, -0.1) is 0 Å². The number of ether oxygens (including phenoxy) is 1. The Kier molecular flexibility index (Phi) is 3.27. The average molecular weight is 263 g/mol. The third-order valence-corrected chi connectivity index (χ3v) is 3.90. The molecular weight excluding hydrogens is 244 g/mol. The number of hydrogen-bond donors (Lipinski definition) is 0. The maximum atomic E-state index is 5.96. The van der Waals surface area contributed by atoms with Crippen molar-refractivity contribution in [2.45, 2.75) is 19.3 Å². The molecule has 0 spiro atoms. The molecule has 3 rings (SSSR count). The average Bonchev–Trinajstić information content (AvgIpc) is 2.52. The van der Waals surface area contributed by atoms with Crippen LogP contribution in [0, 0.1) is 6.42 Å². The maximum Gasteiger partial charge on any atom is 0.271 e. The lowest BCUT2D eigenvalue weighted by atomic mass is 9.61. The Morgan fingerprint density at radius 3 is 1.80 bits per heavy atom. The summed E-state index contributed by atoms with van der Waals surface area (Å²) in [6.45, 7) is 4.86. The number of allylic oxidation sites excluding steroid dienone is 2. The van der Waals surface area contributed by atoms with E-state index >= 15 is 0 Å². The summed E-state index contributed by atoms with van der Waals surface area (Å²) in [5.74, 6) is 1.08. The van der Waals surface area contributed by atoms with E-state index in [9.17, 15) is 0 Å². The largest absolute Gasteiger partial charge is 0.408 e. The summed E-state index contributed by atoms with van der Waals surface area (Å²) in [7, 11) is 0. The van der Waals surface area contributed by atoms with Gasteiger partial charge < -0.3 is 4.74 Å². The van der Waals surface area contributed by atoms with Crippen molar-refractivity contribution in [2.24, 2.45) is 0 Å². The minimum atomic E-state index is -0.220. The molecule has 100 valence electrons. The molecule has 1 heteroatoms. The summed E-state index contributed by atoms with van der Waals surface area (Å²) in [5.41, 5.74) is 3.54. The van der Waals surface area contributed by atoms with E-state index in [0.717, 1.165) is 5.76 Å². The summed E-state index contributed by atoms with van der Waals surface area (Å²) >= 11 is 0. The molecule has 0 heterocycles. The van der Waals surface area contributed by atoms with Gasteiger partial charge in [0.05, 0.1) is 6.42 Å². The Morgan fingerprint density at radius 2 is 1.40 bits per heavy atom. The predicted molar refractivity (Wildman–Crippen MR) is 82.3 cm³/mol. The molecule has 1 aliphatic carbocycles. The lowest BCUT2D eigenvalue weighted by molar-refractivity contribution is 0.177. The third kappa shape index (κ3) is 1.82. The fraction of sp³-hybridized carbons (Fsp3) is 0.211. The van der Waals surface area contributed by atoms with Gasteiger partial charge in [0.1, 0.15) is 6.61 Å². The highest BCUT2D eigenvalue weighted by Gasteiger charge is 2.59. The van der Waals surface area contributed by atoms with Crippen molar-refractivity contribution in [3.63, 3.8) is 0 Å². The van der Waals surface area contributed by atoms with Crippen molar-refractivity contribution in [1.82, 2.24) is 0 Å². The summed E-state index contributed by atoms with van der Waals surface area (Å²) in [6.07, 6.45) is 2.31. The van der Waals surface area contributed by atoms with Crippen molar-refractivity contribution in [1.29, 1.82) is 0 Å². The van der Waals surface area contributed by atoms with Gasteiger partial charge in [0.2, 0.25) is 5.41 Å². The molecule has 20 heavy (non-hydrogen) atoms. The molecule has 2 aromatic rings. The Balaban J connectivity index is 2.16. The maximum absolute atomic E-state index is 5.96. The fourth-order valence-corrected chi connectivity index (χ4v) is 3.06. The Bertz CT molecular complexity index is 571. The molecule has 0 aromatic heterocycles. The van der Waals surface area contributed by atoms with Gasteiger partial charge in [0.15, 0.2) is 5.57 Å². The first kappa shape index (κ1) is 12.9. The SMILES string of the molecule is CCOC1=C(C)[CH+]C1(c1ccccc1)c1ccccc1. The van der Waals surface area contributed by atoms with Crippen LogP contribution in [0.5, 0.6) is 0 Å². The second-order valence-electron chi connectivity index (χ2n) is 5.13. The Morgan fingerprint density at radius 1 is 0.900 bits per heavy atom. The molecule has 0 saturated carbocycles. The lowest BCUT2D eigenvalue weighted by Crippen LogP contribution is -2.40. The van der Waals surface area contributed by atoms with Gasteiger partial charge in [-0.25, -0.2) is 0 Å². The van der Waals surface area contributed by atoms with Gasteiger partial charge >= 0.3 is 0 Å². The number of benzene rings is 2. The smallest absolute Gasteiger partial charge is 0.271 e. The molecule has 0 bridgehead atoms. The van der Waals surface area contributed by atoms with Crippen LogP contribution in [0.25, 0.3) is 0 Å². The number of hydrogen-bond acceptors (Lipinski definition) is 1. The van der Waals surface area contributed by atoms with E-state index in [1.165, 1.54) is 16.7 Å². The zero-order valence-electron chi connectivity index (χ0n) is 12.0. The standard InChI is InChI=1S/C19H19O/c1-3-20-18-15(2)14-19(18,16-10-6-4-7-11-16)17-12-8-5-9-13-17/h4-14H,3H2,1-2H3/q+1. The van der Waals surface area contributed by atoms with Crippen LogP contribution < -0.4 is 0 Å². The molecule has 1 aliphatic rings. The topological polar surface area (TPSA) is 9.23 Å². The monoisotopic (exact) mass is 263 g/mol. The van der Waals surface area contributed by atoms with Crippen molar-refractivity contribution in [3.8, 4) is 0 Å². The van der Waals surface area contributed by atoms with Gasteiger partial charge in [-0.3, -0.25) is 0 Å². The van der Waals surface area contributed by atoms with E-state index < -0.39 is 0 Å². The minimum Gasteiger partial charge on any atom is -0.408 e. The van der Waals surface area contributed by atoms with Gasteiger partial charge in [0.25, 0.3) is 5.76 Å². The van der Waals surface area contributed by atoms with Crippen LogP contribution in [-0.2, 0) is 10.2 Å². The molecule has 0 N–H and O–H groups in total. The zero-order valence-corrected chi connectivity index (χ0v) is 12.0. The Labute approximate surface area is 120 Å². The highest BCUT2D eigenvalue weighted by Crippen LogP contribution is 2.52. The van der Waals surface area contributed by atoms with Crippen LogP contribution in [0.4, 0.5) is 0 Å². The molecular formula is C19H19O+. The molecule has 0 fully saturated rings. The second kappa shape index (κ2) is 5.09. The number of rotatable bonds is 4. The molecule has 1 nitrogen and oxygen atoms in total. The summed E-state index contributed by atoms with van der Waals surface area (Å²) < 4.78 is 5.96. The highest BCUT2D eigenvalue weighted by molar-refractivity contribution is 5.61. The van der Waals surface area contributed by atoms with Crippen LogP contribution in [0.3, 0.4) is 0 Å². The molecule has 0 radical (unpaired) electrons. The highest BCUT2D eigenvalue weighted by atomic mass is 16.5. The lowest BCUT2D eigenvalue weighted by Gasteiger charge is -2.34. The van der Waals surface area contributed by atoms with E-state index in [0.29, 0.717) is 6.61 Å². The quantitative estimate of drug-likeness (QED) is 0.738. The minimum absolute atomic E-state index is 0.220. The fourth-order valence-electron chi connectivity index (χ4n) is 3.06. The van der Waals surface area contributed by atoms with E-state index in [4.69, 9.17) is 4.74 Å². The second-order valence-corrected chi connectivity index (χ2v) is 5.13. The van der Waals surface area contributed by atoms with Crippen molar-refractivity contribution in [3.05, 3.63) is 89.5 Å². The molecule has 0 amide bonds. The van der Waals surface area contributed by atoms with Gasteiger partial charge in [-0.1, -0.05) is 60.7 Å². The van der Waals surface area contributed by atoms with E-state index in [1.54, 1.807) is 0 Å². The molecule has 0 atom stereocenters. The predicted octanol–water partition coefficient (Wildman–Crippen LogP) is 4.50.